The van der Waals surface area contributed by atoms with Gasteiger partial charge in [0.05, 0.1) is 13.3 Å². The molecule has 0 aliphatic rings. The van der Waals surface area contributed by atoms with Crippen molar-refractivity contribution in [3.8, 4) is 17.4 Å². The highest BCUT2D eigenvalue weighted by Crippen LogP contribution is 2.25. The molecule has 7 heteroatoms. The fourth-order valence-electron chi connectivity index (χ4n) is 1.46. The summed E-state index contributed by atoms with van der Waals surface area (Å²) in [5, 5.41) is 3.65. The molecule has 0 spiro atoms. The number of hydrogen-bond donors (Lipinski definition) is 1. The highest BCUT2D eigenvalue weighted by Gasteiger charge is 2.10. The minimum Gasteiger partial charge on any atom is -0.497 e. The summed E-state index contributed by atoms with van der Waals surface area (Å²) in [7, 11) is 3.03. The number of aromatic nitrogens is 2. The van der Waals surface area contributed by atoms with E-state index in [9.17, 15) is 0 Å². The van der Waals surface area contributed by atoms with Crippen LogP contribution < -0.4 is 15.2 Å². The predicted molar refractivity (Wildman–Crippen MR) is 74.1 cm³/mol. The Hall–Kier alpha value is -2.83. The highest BCUT2D eigenvalue weighted by atomic mass is 16.6. The maximum atomic E-state index is 5.76. The Morgan fingerprint density at radius 1 is 1.10 bits per heavy atom. The van der Waals surface area contributed by atoms with Crippen molar-refractivity contribution >= 4 is 12.0 Å². The van der Waals surface area contributed by atoms with E-state index in [-0.39, 0.29) is 5.82 Å². The van der Waals surface area contributed by atoms with Crippen LogP contribution in [-0.4, -0.2) is 30.4 Å². The molecule has 0 saturated carbocycles. The normalized spacial score (nSPS) is 10.5. The molecule has 0 bridgehead atoms. The number of methoxy groups -OCH3 is 1. The summed E-state index contributed by atoms with van der Waals surface area (Å²) < 4.78 is 10.7. The summed E-state index contributed by atoms with van der Waals surface area (Å²) in [5.74, 6) is 1.88. The van der Waals surface area contributed by atoms with Gasteiger partial charge in [0, 0.05) is 0 Å². The van der Waals surface area contributed by atoms with Gasteiger partial charge in [0.15, 0.2) is 0 Å². The van der Waals surface area contributed by atoms with Gasteiger partial charge in [-0.2, -0.15) is 0 Å². The van der Waals surface area contributed by atoms with E-state index in [1.165, 1.54) is 19.7 Å². The third kappa shape index (κ3) is 3.14. The van der Waals surface area contributed by atoms with E-state index >= 15 is 0 Å². The molecular formula is C13H14N4O3. The van der Waals surface area contributed by atoms with E-state index in [0.717, 1.165) is 5.75 Å². The van der Waals surface area contributed by atoms with Gasteiger partial charge in [-0.25, -0.2) is 9.97 Å². The molecule has 0 aliphatic carbocycles. The SMILES string of the molecule is CON=Cc1c(N)ncnc1Oc1ccc(OC)cc1. The molecule has 2 aromatic rings. The van der Waals surface area contributed by atoms with Gasteiger partial charge < -0.3 is 20.0 Å². The van der Waals surface area contributed by atoms with Gasteiger partial charge in [0.1, 0.15) is 36.3 Å². The van der Waals surface area contributed by atoms with Crippen LogP contribution in [0.3, 0.4) is 0 Å². The lowest BCUT2D eigenvalue weighted by Crippen LogP contribution is -2.02. The van der Waals surface area contributed by atoms with Crippen LogP contribution in [0.2, 0.25) is 0 Å². The number of hydrogen-bond acceptors (Lipinski definition) is 7. The summed E-state index contributed by atoms with van der Waals surface area (Å²) in [6.45, 7) is 0. The van der Waals surface area contributed by atoms with Gasteiger partial charge in [-0.3, -0.25) is 0 Å². The topological polar surface area (TPSA) is 91.9 Å². The molecular weight excluding hydrogens is 260 g/mol. The second kappa shape index (κ2) is 6.37. The smallest absolute Gasteiger partial charge is 0.233 e. The Balaban J connectivity index is 2.27. The highest BCUT2D eigenvalue weighted by molar-refractivity contribution is 5.88. The van der Waals surface area contributed by atoms with Crippen LogP contribution >= 0.6 is 0 Å². The number of rotatable bonds is 5. The summed E-state index contributed by atoms with van der Waals surface area (Å²) in [6.07, 6.45) is 2.71. The number of nitrogens with zero attached hydrogens (tertiary/aromatic N) is 3. The standard InChI is InChI=1S/C13H14N4O3/c1-18-9-3-5-10(6-4-9)20-13-11(7-17-19-2)12(14)15-8-16-13/h3-8H,1-2H3,(H2,14,15,16). The average molecular weight is 274 g/mol. The minimum absolute atomic E-state index is 0.254. The Morgan fingerprint density at radius 2 is 1.80 bits per heavy atom. The molecule has 0 saturated heterocycles. The molecule has 1 heterocycles. The first-order valence-corrected chi connectivity index (χ1v) is 5.73. The number of anilines is 1. The zero-order valence-electron chi connectivity index (χ0n) is 11.1. The quantitative estimate of drug-likeness (QED) is 0.660. The van der Waals surface area contributed by atoms with Crippen molar-refractivity contribution in [1.29, 1.82) is 0 Å². The van der Waals surface area contributed by atoms with Crippen molar-refractivity contribution in [2.45, 2.75) is 0 Å². The van der Waals surface area contributed by atoms with Crippen molar-refractivity contribution in [3.05, 3.63) is 36.2 Å². The van der Waals surface area contributed by atoms with E-state index < -0.39 is 0 Å². The number of nitrogen functional groups attached to an aromatic ring is 1. The first-order valence-electron chi connectivity index (χ1n) is 5.73. The molecule has 0 aliphatic heterocycles. The minimum atomic E-state index is 0.254. The molecule has 20 heavy (non-hydrogen) atoms. The lowest BCUT2D eigenvalue weighted by atomic mass is 10.3. The second-order valence-electron chi connectivity index (χ2n) is 3.67. The fourth-order valence-corrected chi connectivity index (χ4v) is 1.46. The van der Waals surface area contributed by atoms with Gasteiger partial charge in [-0.1, -0.05) is 5.16 Å². The maximum Gasteiger partial charge on any atom is 0.233 e. The third-order valence-electron chi connectivity index (χ3n) is 2.44. The molecule has 104 valence electrons. The lowest BCUT2D eigenvalue weighted by molar-refractivity contribution is 0.215. The van der Waals surface area contributed by atoms with Gasteiger partial charge in [-0.05, 0) is 24.3 Å². The van der Waals surface area contributed by atoms with Gasteiger partial charge in [0.2, 0.25) is 5.88 Å². The van der Waals surface area contributed by atoms with Crippen LogP contribution in [0, 0.1) is 0 Å². The van der Waals surface area contributed by atoms with Crippen molar-refractivity contribution in [3.63, 3.8) is 0 Å². The van der Waals surface area contributed by atoms with E-state index in [1.807, 2.05) is 0 Å². The second-order valence-corrected chi connectivity index (χ2v) is 3.67. The van der Waals surface area contributed by atoms with Crippen molar-refractivity contribution in [1.82, 2.24) is 9.97 Å². The predicted octanol–water partition coefficient (Wildman–Crippen LogP) is 1.84. The molecule has 0 atom stereocenters. The van der Waals surface area contributed by atoms with Crippen LogP contribution in [0.15, 0.2) is 35.7 Å². The number of ether oxygens (including phenoxy) is 2. The number of oxime groups is 1. The molecule has 0 fully saturated rings. The van der Waals surface area contributed by atoms with Crippen molar-refractivity contribution in [2.24, 2.45) is 5.16 Å². The number of nitrogens with two attached hydrogens (primary N) is 1. The van der Waals surface area contributed by atoms with Crippen molar-refractivity contribution < 1.29 is 14.3 Å². The first kappa shape index (κ1) is 13.6. The zero-order valence-corrected chi connectivity index (χ0v) is 11.1. The van der Waals surface area contributed by atoms with Crippen LogP contribution in [0.5, 0.6) is 17.4 Å². The number of benzene rings is 1. The molecule has 2 N–H and O–H groups in total. The first-order chi connectivity index (χ1) is 9.74. The fraction of sp³-hybridized carbons (Fsp3) is 0.154. The van der Waals surface area contributed by atoms with Crippen LogP contribution in [-0.2, 0) is 4.84 Å². The van der Waals surface area contributed by atoms with Gasteiger partial charge >= 0.3 is 0 Å². The average Bonchev–Trinajstić information content (AvgIpc) is 2.47. The van der Waals surface area contributed by atoms with Crippen molar-refractivity contribution in [2.75, 3.05) is 20.0 Å². The molecule has 2 rings (SSSR count). The zero-order chi connectivity index (χ0) is 14.4. The van der Waals surface area contributed by atoms with Crippen LogP contribution in [0.25, 0.3) is 0 Å². The Kier molecular flexibility index (Phi) is 4.33. The molecule has 0 unspecified atom stereocenters. The summed E-state index contributed by atoms with van der Waals surface area (Å²) in [4.78, 5) is 12.5. The van der Waals surface area contributed by atoms with Crippen LogP contribution in [0.1, 0.15) is 5.56 Å². The summed E-state index contributed by atoms with van der Waals surface area (Å²) >= 11 is 0. The summed E-state index contributed by atoms with van der Waals surface area (Å²) in [5.41, 5.74) is 6.21. The molecule has 7 nitrogen and oxygen atoms in total. The Morgan fingerprint density at radius 3 is 2.45 bits per heavy atom. The van der Waals surface area contributed by atoms with E-state index in [0.29, 0.717) is 17.2 Å². The van der Waals surface area contributed by atoms with E-state index in [2.05, 4.69) is 20.0 Å². The van der Waals surface area contributed by atoms with Gasteiger partial charge in [-0.15, -0.1) is 0 Å². The largest absolute Gasteiger partial charge is 0.497 e. The Labute approximate surface area is 116 Å². The van der Waals surface area contributed by atoms with E-state index in [1.54, 1.807) is 31.4 Å². The van der Waals surface area contributed by atoms with Gasteiger partial charge in [0.25, 0.3) is 0 Å². The monoisotopic (exact) mass is 274 g/mol. The molecule has 1 aromatic heterocycles. The molecule has 1 aromatic carbocycles. The maximum absolute atomic E-state index is 5.76. The summed E-state index contributed by atoms with van der Waals surface area (Å²) in [6, 6.07) is 7.08. The third-order valence-corrected chi connectivity index (χ3v) is 2.44. The van der Waals surface area contributed by atoms with E-state index in [4.69, 9.17) is 15.2 Å². The van der Waals surface area contributed by atoms with Crippen LogP contribution in [0.4, 0.5) is 5.82 Å². The Bertz CT molecular complexity index is 599. The molecule has 0 amide bonds. The molecule has 0 radical (unpaired) electrons. The lowest BCUT2D eigenvalue weighted by Gasteiger charge is -2.08.